The first-order valence-electron chi connectivity index (χ1n) is 8.07. The topological polar surface area (TPSA) is 75.7 Å². The Balaban J connectivity index is 2.28. The molecule has 1 aliphatic heterocycles. The van der Waals surface area contributed by atoms with Crippen molar-refractivity contribution >= 4 is 15.9 Å². The molecule has 0 aliphatic carbocycles. The van der Waals surface area contributed by atoms with Gasteiger partial charge >= 0.3 is 0 Å². The lowest BCUT2D eigenvalue weighted by Crippen LogP contribution is -2.48. The summed E-state index contributed by atoms with van der Waals surface area (Å²) >= 11 is 0. The maximum atomic E-state index is 12.9. The predicted molar refractivity (Wildman–Crippen MR) is 92.4 cm³/mol. The van der Waals surface area contributed by atoms with E-state index in [4.69, 9.17) is 4.74 Å². The molecule has 1 aliphatic rings. The average Bonchev–Trinajstić information content (AvgIpc) is 2.44. The molecule has 7 heteroatoms. The molecule has 1 amide bonds. The van der Waals surface area contributed by atoms with E-state index in [1.54, 1.807) is 12.1 Å². The molecular formula is C17H26N2O4S. The van der Waals surface area contributed by atoms with Crippen LogP contribution in [-0.4, -0.2) is 49.5 Å². The lowest BCUT2D eigenvalue weighted by Gasteiger charge is -2.34. The van der Waals surface area contributed by atoms with Crippen LogP contribution < -0.4 is 5.32 Å². The standard InChI is InChI=1S/C17H26N2O4S/c1-12-10-19(11-13(2)23-12)24(21,22)15-8-6-7-14(9-15)16(20)18-17(3,4)5/h6-9,12-13H,10-11H2,1-5H3,(H,18,20)/t12-,13+. The summed E-state index contributed by atoms with van der Waals surface area (Å²) in [6.45, 7) is 9.96. The van der Waals surface area contributed by atoms with Gasteiger partial charge in [-0.3, -0.25) is 4.79 Å². The molecule has 0 saturated carbocycles. The molecule has 24 heavy (non-hydrogen) atoms. The number of ether oxygens (including phenoxy) is 1. The monoisotopic (exact) mass is 354 g/mol. The van der Waals surface area contributed by atoms with Gasteiger partial charge < -0.3 is 10.1 Å². The SMILES string of the molecule is C[C@@H]1CN(S(=O)(=O)c2cccc(C(=O)NC(C)(C)C)c2)C[C@H](C)O1. The van der Waals surface area contributed by atoms with E-state index in [0.29, 0.717) is 18.7 Å². The smallest absolute Gasteiger partial charge is 0.251 e. The molecule has 134 valence electrons. The largest absolute Gasteiger partial charge is 0.373 e. The highest BCUT2D eigenvalue weighted by atomic mass is 32.2. The van der Waals surface area contributed by atoms with Crippen molar-refractivity contribution in [3.05, 3.63) is 29.8 Å². The van der Waals surface area contributed by atoms with Crippen LogP contribution in [0, 0.1) is 0 Å². The summed E-state index contributed by atoms with van der Waals surface area (Å²) in [4.78, 5) is 12.4. The fourth-order valence-electron chi connectivity index (χ4n) is 2.69. The van der Waals surface area contributed by atoms with E-state index in [1.807, 2.05) is 34.6 Å². The van der Waals surface area contributed by atoms with Gasteiger partial charge in [-0.1, -0.05) is 6.07 Å². The average molecular weight is 354 g/mol. The highest BCUT2D eigenvalue weighted by Gasteiger charge is 2.32. The van der Waals surface area contributed by atoms with Crippen molar-refractivity contribution in [1.29, 1.82) is 0 Å². The van der Waals surface area contributed by atoms with E-state index in [9.17, 15) is 13.2 Å². The molecule has 1 fully saturated rings. The lowest BCUT2D eigenvalue weighted by atomic mass is 10.1. The summed E-state index contributed by atoms with van der Waals surface area (Å²) in [5.74, 6) is -0.289. The zero-order valence-electron chi connectivity index (χ0n) is 14.9. The Labute approximate surface area is 144 Å². The van der Waals surface area contributed by atoms with E-state index in [0.717, 1.165) is 0 Å². The van der Waals surface area contributed by atoms with E-state index < -0.39 is 10.0 Å². The van der Waals surface area contributed by atoms with Crippen LogP contribution in [0.25, 0.3) is 0 Å². The molecule has 1 N–H and O–H groups in total. The first kappa shape index (κ1) is 18.9. The Morgan fingerprint density at radius 3 is 2.33 bits per heavy atom. The van der Waals surface area contributed by atoms with Crippen molar-refractivity contribution in [2.24, 2.45) is 0 Å². The number of hydrogen-bond donors (Lipinski definition) is 1. The number of benzene rings is 1. The van der Waals surface area contributed by atoms with Gasteiger partial charge in [-0.2, -0.15) is 4.31 Å². The number of rotatable bonds is 3. The Hall–Kier alpha value is -1.44. The van der Waals surface area contributed by atoms with Crippen LogP contribution in [0.1, 0.15) is 45.0 Å². The van der Waals surface area contributed by atoms with Gasteiger partial charge in [-0.05, 0) is 52.8 Å². The van der Waals surface area contributed by atoms with E-state index in [2.05, 4.69) is 5.32 Å². The van der Waals surface area contributed by atoms with Crippen LogP contribution in [0.3, 0.4) is 0 Å². The van der Waals surface area contributed by atoms with Crippen LogP contribution in [-0.2, 0) is 14.8 Å². The van der Waals surface area contributed by atoms with E-state index >= 15 is 0 Å². The summed E-state index contributed by atoms with van der Waals surface area (Å²) in [7, 11) is -3.65. The second kappa shape index (κ2) is 6.82. The number of carbonyl (C=O) groups excluding carboxylic acids is 1. The molecule has 0 spiro atoms. The molecule has 0 unspecified atom stereocenters. The van der Waals surface area contributed by atoms with Crippen LogP contribution in [0.15, 0.2) is 29.2 Å². The summed E-state index contributed by atoms with van der Waals surface area (Å²) in [6.07, 6.45) is -0.313. The number of amides is 1. The minimum Gasteiger partial charge on any atom is -0.373 e. The summed E-state index contributed by atoms with van der Waals surface area (Å²) < 4.78 is 32.8. The number of carbonyl (C=O) groups is 1. The normalized spacial score (nSPS) is 23.0. The fraction of sp³-hybridized carbons (Fsp3) is 0.588. The maximum Gasteiger partial charge on any atom is 0.251 e. The van der Waals surface area contributed by atoms with Gasteiger partial charge in [0, 0.05) is 24.2 Å². The van der Waals surface area contributed by atoms with Crippen molar-refractivity contribution in [3.63, 3.8) is 0 Å². The van der Waals surface area contributed by atoms with Crippen LogP contribution >= 0.6 is 0 Å². The molecule has 2 atom stereocenters. The zero-order valence-corrected chi connectivity index (χ0v) is 15.7. The lowest BCUT2D eigenvalue weighted by molar-refractivity contribution is -0.0440. The molecule has 0 bridgehead atoms. The molecule has 1 aromatic carbocycles. The predicted octanol–water partition coefficient (Wildman–Crippen LogP) is 2.01. The molecule has 1 heterocycles. The Kier molecular flexibility index (Phi) is 5.37. The molecule has 0 radical (unpaired) electrons. The molecular weight excluding hydrogens is 328 g/mol. The van der Waals surface area contributed by atoms with Crippen LogP contribution in [0.5, 0.6) is 0 Å². The van der Waals surface area contributed by atoms with Gasteiger partial charge in [0.25, 0.3) is 5.91 Å². The quantitative estimate of drug-likeness (QED) is 0.901. The Morgan fingerprint density at radius 2 is 1.79 bits per heavy atom. The van der Waals surface area contributed by atoms with E-state index in [-0.39, 0.29) is 28.5 Å². The molecule has 1 aromatic rings. The Morgan fingerprint density at radius 1 is 1.21 bits per heavy atom. The van der Waals surface area contributed by atoms with Gasteiger partial charge in [-0.25, -0.2) is 8.42 Å². The summed E-state index contributed by atoms with van der Waals surface area (Å²) in [5.41, 5.74) is -0.0542. The molecule has 0 aromatic heterocycles. The minimum absolute atomic E-state index is 0.130. The highest BCUT2D eigenvalue weighted by molar-refractivity contribution is 7.89. The van der Waals surface area contributed by atoms with Crippen molar-refractivity contribution in [3.8, 4) is 0 Å². The first-order chi connectivity index (χ1) is 11.0. The highest BCUT2D eigenvalue weighted by Crippen LogP contribution is 2.22. The van der Waals surface area contributed by atoms with Crippen LogP contribution in [0.2, 0.25) is 0 Å². The third-order valence-corrected chi connectivity index (χ3v) is 5.44. The van der Waals surface area contributed by atoms with Gasteiger partial charge in [0.1, 0.15) is 0 Å². The molecule has 2 rings (SSSR count). The number of nitrogens with zero attached hydrogens (tertiary/aromatic N) is 1. The van der Waals surface area contributed by atoms with Gasteiger partial charge in [0.05, 0.1) is 17.1 Å². The second-order valence-electron chi connectivity index (χ2n) is 7.31. The van der Waals surface area contributed by atoms with E-state index in [1.165, 1.54) is 16.4 Å². The number of hydrogen-bond acceptors (Lipinski definition) is 4. The third-order valence-electron chi connectivity index (χ3n) is 3.61. The Bertz CT molecular complexity index is 700. The van der Waals surface area contributed by atoms with Crippen molar-refractivity contribution in [2.45, 2.75) is 57.3 Å². The molecule has 1 saturated heterocycles. The van der Waals surface area contributed by atoms with Gasteiger partial charge in [-0.15, -0.1) is 0 Å². The zero-order chi connectivity index (χ0) is 18.1. The van der Waals surface area contributed by atoms with Gasteiger partial charge in [0.15, 0.2) is 0 Å². The third kappa shape index (κ3) is 4.55. The van der Waals surface area contributed by atoms with Gasteiger partial charge in [0.2, 0.25) is 10.0 Å². The minimum atomic E-state index is -3.65. The molecule has 6 nitrogen and oxygen atoms in total. The van der Waals surface area contributed by atoms with Crippen molar-refractivity contribution < 1.29 is 17.9 Å². The number of sulfonamides is 1. The second-order valence-corrected chi connectivity index (χ2v) is 9.25. The van der Waals surface area contributed by atoms with Crippen molar-refractivity contribution in [2.75, 3.05) is 13.1 Å². The first-order valence-corrected chi connectivity index (χ1v) is 9.51. The summed E-state index contributed by atoms with van der Waals surface area (Å²) in [6, 6.07) is 6.16. The maximum absolute atomic E-state index is 12.9. The number of morpholine rings is 1. The number of nitrogens with one attached hydrogen (secondary N) is 1. The summed E-state index contributed by atoms with van der Waals surface area (Å²) in [5, 5.41) is 2.84. The van der Waals surface area contributed by atoms with Crippen LogP contribution in [0.4, 0.5) is 0 Å². The van der Waals surface area contributed by atoms with Crippen molar-refractivity contribution in [1.82, 2.24) is 9.62 Å². The fourth-order valence-corrected chi connectivity index (χ4v) is 4.32.